The van der Waals surface area contributed by atoms with Gasteiger partial charge in [0.1, 0.15) is 11.5 Å². The fourth-order valence-corrected chi connectivity index (χ4v) is 1.89. The molecule has 0 aliphatic carbocycles. The van der Waals surface area contributed by atoms with E-state index in [1.165, 1.54) is 25.3 Å². The summed E-state index contributed by atoms with van der Waals surface area (Å²) in [6.45, 7) is 1.60. The molecule has 2 rings (SSSR count). The van der Waals surface area contributed by atoms with Crippen LogP contribution in [-0.2, 0) is 0 Å². The number of hydrogen-bond acceptors (Lipinski definition) is 5. The summed E-state index contributed by atoms with van der Waals surface area (Å²) in [4.78, 5) is 10.5. The second-order valence-corrected chi connectivity index (χ2v) is 4.41. The highest BCUT2D eigenvalue weighted by atomic mass is 16.6. The molecule has 0 heterocycles. The van der Waals surface area contributed by atoms with Gasteiger partial charge in [0, 0.05) is 17.7 Å². The van der Waals surface area contributed by atoms with Crippen LogP contribution in [0.2, 0.25) is 0 Å². The van der Waals surface area contributed by atoms with Crippen LogP contribution >= 0.6 is 0 Å². The summed E-state index contributed by atoms with van der Waals surface area (Å²) in [7, 11) is 1.47. The van der Waals surface area contributed by atoms with Crippen LogP contribution in [-0.4, -0.2) is 17.1 Å². The summed E-state index contributed by atoms with van der Waals surface area (Å²) in [5.74, 6) is 0.876. The minimum atomic E-state index is -0.745. The molecule has 1 N–H and O–H groups in total. The number of para-hydroxylation sites is 1. The zero-order chi connectivity index (χ0) is 15.4. The summed E-state index contributed by atoms with van der Waals surface area (Å²) in [6.07, 6.45) is -0.745. The number of methoxy groups -OCH3 is 1. The van der Waals surface area contributed by atoms with Gasteiger partial charge in [-0.15, -0.1) is 0 Å². The third-order valence-electron chi connectivity index (χ3n) is 2.95. The summed E-state index contributed by atoms with van der Waals surface area (Å²) in [6, 6.07) is 11.1. The highest BCUT2D eigenvalue weighted by Crippen LogP contribution is 2.37. The van der Waals surface area contributed by atoms with E-state index in [-0.39, 0.29) is 11.4 Å². The van der Waals surface area contributed by atoms with Gasteiger partial charge in [0.15, 0.2) is 0 Å². The minimum Gasteiger partial charge on any atom is -0.497 e. The van der Waals surface area contributed by atoms with Crippen molar-refractivity contribution in [1.82, 2.24) is 0 Å². The number of hydrogen-bond donors (Lipinski definition) is 1. The molecule has 21 heavy (non-hydrogen) atoms. The fourth-order valence-electron chi connectivity index (χ4n) is 1.89. The van der Waals surface area contributed by atoms with Gasteiger partial charge in [-0.25, -0.2) is 0 Å². The van der Waals surface area contributed by atoms with Gasteiger partial charge >= 0.3 is 5.69 Å². The number of aliphatic hydroxyl groups excluding tert-OH is 1. The molecule has 0 fully saturated rings. The van der Waals surface area contributed by atoms with E-state index in [1.54, 1.807) is 31.2 Å². The van der Waals surface area contributed by atoms with Crippen molar-refractivity contribution in [3.05, 3.63) is 58.1 Å². The van der Waals surface area contributed by atoms with Crippen molar-refractivity contribution < 1.29 is 19.5 Å². The highest BCUT2D eigenvalue weighted by molar-refractivity contribution is 5.53. The van der Waals surface area contributed by atoms with Gasteiger partial charge in [-0.05, 0) is 19.1 Å². The maximum atomic E-state index is 11.1. The lowest BCUT2D eigenvalue weighted by Gasteiger charge is -2.13. The maximum absolute atomic E-state index is 11.1. The molecule has 0 saturated heterocycles. The number of nitro benzene ring substituents is 1. The Morgan fingerprint density at radius 1 is 1.19 bits per heavy atom. The number of nitro groups is 1. The quantitative estimate of drug-likeness (QED) is 0.673. The Kier molecular flexibility index (Phi) is 4.39. The van der Waals surface area contributed by atoms with Crippen LogP contribution in [0.4, 0.5) is 5.69 Å². The Morgan fingerprint density at radius 3 is 2.52 bits per heavy atom. The maximum Gasteiger partial charge on any atom is 0.311 e. The Bertz CT molecular complexity index is 654. The molecule has 2 aromatic rings. The van der Waals surface area contributed by atoms with Crippen molar-refractivity contribution in [2.45, 2.75) is 13.0 Å². The normalized spacial score (nSPS) is 11.8. The van der Waals surface area contributed by atoms with Gasteiger partial charge < -0.3 is 14.6 Å². The lowest BCUT2D eigenvalue weighted by atomic mass is 10.1. The smallest absolute Gasteiger partial charge is 0.311 e. The number of rotatable bonds is 5. The van der Waals surface area contributed by atoms with Crippen molar-refractivity contribution in [2.24, 2.45) is 0 Å². The molecule has 0 aliphatic rings. The third-order valence-corrected chi connectivity index (χ3v) is 2.95. The van der Waals surface area contributed by atoms with E-state index >= 15 is 0 Å². The van der Waals surface area contributed by atoms with Crippen molar-refractivity contribution in [3.63, 3.8) is 0 Å². The molecule has 6 heteroatoms. The largest absolute Gasteiger partial charge is 0.497 e. The van der Waals surface area contributed by atoms with E-state index in [4.69, 9.17) is 9.47 Å². The summed E-state index contributed by atoms with van der Waals surface area (Å²) >= 11 is 0. The van der Waals surface area contributed by atoms with Gasteiger partial charge in [-0.3, -0.25) is 10.1 Å². The Morgan fingerprint density at radius 2 is 1.90 bits per heavy atom. The van der Waals surface area contributed by atoms with Crippen LogP contribution in [0.3, 0.4) is 0 Å². The van der Waals surface area contributed by atoms with Gasteiger partial charge in [0.05, 0.1) is 18.1 Å². The van der Waals surface area contributed by atoms with Crippen molar-refractivity contribution >= 4 is 5.69 Å². The van der Waals surface area contributed by atoms with Crippen LogP contribution < -0.4 is 9.47 Å². The first kappa shape index (κ1) is 14.8. The molecule has 6 nitrogen and oxygen atoms in total. The van der Waals surface area contributed by atoms with E-state index in [2.05, 4.69) is 0 Å². The SMILES string of the molecule is COc1ccc([N+](=O)[O-])c(Oc2ccccc2[C@@H](C)O)c1. The second kappa shape index (κ2) is 6.23. The molecule has 0 bridgehead atoms. The molecule has 0 saturated carbocycles. The standard InChI is InChI=1S/C15H15NO5/c1-10(17)12-5-3-4-6-14(12)21-15-9-11(20-2)7-8-13(15)16(18)19/h3-10,17H,1-2H3/t10-/m1/s1. The zero-order valence-electron chi connectivity index (χ0n) is 11.6. The number of benzene rings is 2. The van der Waals surface area contributed by atoms with Crippen LogP contribution in [0, 0.1) is 10.1 Å². The van der Waals surface area contributed by atoms with Crippen LogP contribution in [0.1, 0.15) is 18.6 Å². The minimum absolute atomic E-state index is 0.0625. The van der Waals surface area contributed by atoms with Crippen LogP contribution in [0.25, 0.3) is 0 Å². The molecule has 1 atom stereocenters. The second-order valence-electron chi connectivity index (χ2n) is 4.41. The third kappa shape index (κ3) is 3.29. The van der Waals surface area contributed by atoms with Crippen molar-refractivity contribution in [2.75, 3.05) is 7.11 Å². The average Bonchev–Trinajstić information content (AvgIpc) is 2.47. The Balaban J connectivity index is 2.45. The van der Waals surface area contributed by atoms with Gasteiger partial charge in [0.2, 0.25) is 5.75 Å². The summed E-state index contributed by atoms with van der Waals surface area (Å²) in [5.41, 5.74) is 0.380. The fraction of sp³-hybridized carbons (Fsp3) is 0.200. The molecule has 0 radical (unpaired) electrons. The van der Waals surface area contributed by atoms with E-state index in [0.717, 1.165) is 0 Å². The van der Waals surface area contributed by atoms with E-state index in [0.29, 0.717) is 17.1 Å². The van der Waals surface area contributed by atoms with Crippen molar-refractivity contribution in [3.8, 4) is 17.2 Å². The first-order chi connectivity index (χ1) is 10.0. The molecule has 0 amide bonds. The Hall–Kier alpha value is -2.60. The summed E-state index contributed by atoms with van der Waals surface area (Å²) in [5, 5.41) is 20.8. The highest BCUT2D eigenvalue weighted by Gasteiger charge is 2.18. The molecule has 0 aliphatic heterocycles. The molecule has 110 valence electrons. The molecule has 0 aromatic heterocycles. The molecular weight excluding hydrogens is 274 g/mol. The lowest BCUT2D eigenvalue weighted by molar-refractivity contribution is -0.385. The lowest BCUT2D eigenvalue weighted by Crippen LogP contribution is -1.98. The zero-order valence-corrected chi connectivity index (χ0v) is 11.6. The number of ether oxygens (including phenoxy) is 2. The predicted octanol–water partition coefficient (Wildman–Crippen LogP) is 3.45. The monoisotopic (exact) mass is 289 g/mol. The molecule has 2 aromatic carbocycles. The summed E-state index contributed by atoms with van der Waals surface area (Å²) < 4.78 is 10.7. The first-order valence-electron chi connectivity index (χ1n) is 6.30. The predicted molar refractivity (Wildman–Crippen MR) is 76.8 cm³/mol. The average molecular weight is 289 g/mol. The van der Waals surface area contributed by atoms with Crippen LogP contribution in [0.15, 0.2) is 42.5 Å². The topological polar surface area (TPSA) is 81.8 Å². The molecule has 0 unspecified atom stereocenters. The van der Waals surface area contributed by atoms with E-state index in [9.17, 15) is 15.2 Å². The van der Waals surface area contributed by atoms with E-state index in [1.807, 2.05) is 0 Å². The van der Waals surface area contributed by atoms with Gasteiger partial charge in [-0.2, -0.15) is 0 Å². The van der Waals surface area contributed by atoms with Crippen LogP contribution in [0.5, 0.6) is 17.2 Å². The number of nitrogens with zero attached hydrogens (tertiary/aromatic N) is 1. The molecule has 0 spiro atoms. The van der Waals surface area contributed by atoms with Gasteiger partial charge in [-0.1, -0.05) is 18.2 Å². The van der Waals surface area contributed by atoms with Crippen molar-refractivity contribution in [1.29, 1.82) is 0 Å². The van der Waals surface area contributed by atoms with Gasteiger partial charge in [0.25, 0.3) is 0 Å². The van der Waals surface area contributed by atoms with E-state index < -0.39 is 11.0 Å². The Labute approximate surface area is 121 Å². The number of aliphatic hydroxyl groups is 1. The molecular formula is C15H15NO5. The first-order valence-corrected chi connectivity index (χ1v) is 6.30.